The van der Waals surface area contributed by atoms with E-state index in [1.807, 2.05) is 17.0 Å². The molecule has 1 amide bonds. The molecule has 0 fully saturated rings. The van der Waals surface area contributed by atoms with Gasteiger partial charge in [-0.15, -0.1) is 0 Å². The lowest BCUT2D eigenvalue weighted by Crippen LogP contribution is -2.36. The summed E-state index contributed by atoms with van der Waals surface area (Å²) in [6.45, 7) is 1.28. The average molecular weight is 320 g/mol. The van der Waals surface area contributed by atoms with Crippen LogP contribution in [0.25, 0.3) is 6.08 Å². The van der Waals surface area contributed by atoms with Crippen molar-refractivity contribution in [3.05, 3.63) is 70.0 Å². The number of amides is 1. The zero-order valence-corrected chi connectivity index (χ0v) is 13.0. The number of carboxylic acids is 1. The van der Waals surface area contributed by atoms with Crippen LogP contribution in [0, 0.1) is 0 Å². The minimum absolute atomic E-state index is 0.0289. The van der Waals surface area contributed by atoms with Gasteiger partial charge in [0.1, 0.15) is 0 Å². The normalized spacial score (nSPS) is 15.5. The van der Waals surface area contributed by atoms with E-state index < -0.39 is 5.97 Å². The number of carbonyl (C=O) groups excluding carboxylic acids is 1. The van der Waals surface area contributed by atoms with Crippen molar-refractivity contribution < 1.29 is 14.7 Å². The van der Waals surface area contributed by atoms with Crippen molar-refractivity contribution in [2.75, 3.05) is 6.54 Å². The van der Waals surface area contributed by atoms with Crippen molar-refractivity contribution in [2.45, 2.75) is 19.4 Å². The zero-order valence-electron chi connectivity index (χ0n) is 13.0. The van der Waals surface area contributed by atoms with E-state index in [0.29, 0.717) is 36.3 Å². The van der Waals surface area contributed by atoms with E-state index in [2.05, 4.69) is 17.1 Å². The Morgan fingerprint density at radius 1 is 1.12 bits per heavy atom. The molecule has 2 aromatic rings. The van der Waals surface area contributed by atoms with E-state index in [-0.39, 0.29) is 11.5 Å². The second kappa shape index (κ2) is 5.60. The number of nitrogens with zero attached hydrogens (tertiary/aromatic N) is 2. The van der Waals surface area contributed by atoms with Crippen LogP contribution < -0.4 is 0 Å². The molecule has 0 spiro atoms. The largest absolute Gasteiger partial charge is 0.478 e. The first-order valence-electron chi connectivity index (χ1n) is 7.91. The summed E-state index contributed by atoms with van der Waals surface area (Å²) >= 11 is 0. The van der Waals surface area contributed by atoms with Crippen molar-refractivity contribution in [1.29, 1.82) is 0 Å². The van der Waals surface area contributed by atoms with Crippen molar-refractivity contribution in [1.82, 2.24) is 9.88 Å². The van der Waals surface area contributed by atoms with E-state index in [1.54, 1.807) is 6.08 Å². The van der Waals surface area contributed by atoms with Crippen LogP contribution in [0.2, 0.25) is 0 Å². The number of fused-ring (bicyclic) bond motifs is 2. The molecule has 0 bridgehead atoms. The third-order valence-corrected chi connectivity index (χ3v) is 4.69. The lowest BCUT2D eigenvalue weighted by atomic mass is 9.99. The highest BCUT2D eigenvalue weighted by Gasteiger charge is 2.28. The van der Waals surface area contributed by atoms with E-state index in [4.69, 9.17) is 0 Å². The molecule has 5 nitrogen and oxygen atoms in total. The van der Waals surface area contributed by atoms with Gasteiger partial charge in [0.05, 0.1) is 11.3 Å². The smallest absolute Gasteiger partial charge is 0.336 e. The highest BCUT2D eigenvalue weighted by atomic mass is 16.4. The van der Waals surface area contributed by atoms with Gasteiger partial charge >= 0.3 is 5.97 Å². The third kappa shape index (κ3) is 2.38. The van der Waals surface area contributed by atoms with Crippen LogP contribution in [-0.2, 0) is 24.2 Å². The van der Waals surface area contributed by atoms with Gasteiger partial charge in [-0.1, -0.05) is 24.3 Å². The van der Waals surface area contributed by atoms with Crippen molar-refractivity contribution in [2.24, 2.45) is 0 Å². The molecule has 1 aromatic heterocycles. The van der Waals surface area contributed by atoms with Gasteiger partial charge in [-0.05, 0) is 35.3 Å². The lowest BCUT2D eigenvalue weighted by molar-refractivity contribution is -0.128. The molecule has 1 aliphatic carbocycles. The molecule has 4 rings (SSSR count). The number of hydrogen-bond donors (Lipinski definition) is 1. The third-order valence-electron chi connectivity index (χ3n) is 4.69. The number of aromatic nitrogens is 1. The molecular formula is C19H16N2O3. The first kappa shape index (κ1) is 14.6. The number of carbonyl (C=O) groups is 2. The fourth-order valence-corrected chi connectivity index (χ4v) is 3.44. The SMILES string of the molecule is O=C(O)c1ccnc2c1CC(C(=O)N1CCc3ccccc3C1)=C2. The Hall–Kier alpha value is -2.95. The number of aromatic carboxylic acids is 1. The topological polar surface area (TPSA) is 70.5 Å². The summed E-state index contributed by atoms with van der Waals surface area (Å²) in [6.07, 6.45) is 4.39. The van der Waals surface area contributed by atoms with Gasteiger partial charge in [0.2, 0.25) is 0 Å². The van der Waals surface area contributed by atoms with Gasteiger partial charge in [0, 0.05) is 31.3 Å². The number of rotatable bonds is 2. The molecular weight excluding hydrogens is 304 g/mol. The second-order valence-electron chi connectivity index (χ2n) is 6.12. The van der Waals surface area contributed by atoms with E-state index in [0.717, 1.165) is 6.42 Å². The number of pyridine rings is 1. The Bertz CT molecular complexity index is 886. The van der Waals surface area contributed by atoms with Crippen LogP contribution in [0.5, 0.6) is 0 Å². The highest BCUT2D eigenvalue weighted by Crippen LogP contribution is 2.29. The Kier molecular flexibility index (Phi) is 3.41. The fourth-order valence-electron chi connectivity index (χ4n) is 3.44. The lowest BCUT2D eigenvalue weighted by Gasteiger charge is -2.29. The Labute approximate surface area is 139 Å². The van der Waals surface area contributed by atoms with Crippen LogP contribution in [0.1, 0.15) is 32.7 Å². The Balaban J connectivity index is 1.57. The maximum Gasteiger partial charge on any atom is 0.336 e. The van der Waals surface area contributed by atoms with Crippen LogP contribution in [-0.4, -0.2) is 33.4 Å². The number of hydrogen-bond acceptors (Lipinski definition) is 3. The van der Waals surface area contributed by atoms with Crippen molar-refractivity contribution in [3.8, 4) is 0 Å². The van der Waals surface area contributed by atoms with Gasteiger partial charge in [-0.25, -0.2) is 4.79 Å². The molecule has 2 heterocycles. The zero-order chi connectivity index (χ0) is 16.7. The van der Waals surface area contributed by atoms with Crippen LogP contribution in [0.4, 0.5) is 0 Å². The molecule has 0 atom stereocenters. The van der Waals surface area contributed by atoms with Crippen LogP contribution >= 0.6 is 0 Å². The summed E-state index contributed by atoms with van der Waals surface area (Å²) in [7, 11) is 0. The first-order valence-corrected chi connectivity index (χ1v) is 7.91. The van der Waals surface area contributed by atoms with E-state index in [1.165, 1.54) is 23.4 Å². The number of carboxylic acid groups (broad SMARTS) is 1. The molecule has 1 aliphatic heterocycles. The molecule has 1 aromatic carbocycles. The molecule has 0 radical (unpaired) electrons. The second-order valence-corrected chi connectivity index (χ2v) is 6.12. The molecule has 0 unspecified atom stereocenters. The predicted molar refractivity (Wildman–Crippen MR) is 88.4 cm³/mol. The van der Waals surface area contributed by atoms with E-state index >= 15 is 0 Å². The average Bonchev–Trinajstić information content (AvgIpc) is 3.04. The molecule has 24 heavy (non-hydrogen) atoms. The maximum absolute atomic E-state index is 12.8. The summed E-state index contributed by atoms with van der Waals surface area (Å²) in [5, 5.41) is 9.29. The highest BCUT2D eigenvalue weighted by molar-refractivity contribution is 6.02. The monoisotopic (exact) mass is 320 g/mol. The first-order chi connectivity index (χ1) is 11.6. The summed E-state index contributed by atoms with van der Waals surface area (Å²) in [5.41, 5.74) is 4.53. The molecule has 2 aliphatic rings. The summed E-state index contributed by atoms with van der Waals surface area (Å²) < 4.78 is 0. The molecule has 5 heteroatoms. The van der Waals surface area contributed by atoms with Crippen LogP contribution in [0.15, 0.2) is 42.1 Å². The fraction of sp³-hybridized carbons (Fsp3) is 0.211. The minimum atomic E-state index is -0.984. The van der Waals surface area contributed by atoms with Gasteiger partial charge in [0.15, 0.2) is 0 Å². The van der Waals surface area contributed by atoms with Gasteiger partial charge in [-0.2, -0.15) is 0 Å². The van der Waals surface area contributed by atoms with Crippen molar-refractivity contribution >= 4 is 18.0 Å². The van der Waals surface area contributed by atoms with Gasteiger partial charge in [0.25, 0.3) is 5.91 Å². The number of benzene rings is 1. The molecule has 120 valence electrons. The maximum atomic E-state index is 12.8. The summed E-state index contributed by atoms with van der Waals surface area (Å²) in [4.78, 5) is 30.2. The van der Waals surface area contributed by atoms with Crippen molar-refractivity contribution in [3.63, 3.8) is 0 Å². The molecule has 0 saturated heterocycles. The quantitative estimate of drug-likeness (QED) is 0.922. The molecule has 1 N–H and O–H groups in total. The standard InChI is InChI=1S/C19H16N2O3/c22-18(21-8-6-12-3-1-2-4-13(12)11-21)14-9-16-15(19(23)24)5-7-20-17(16)10-14/h1-5,7,10H,6,8-9,11H2,(H,23,24). The Morgan fingerprint density at radius 2 is 1.92 bits per heavy atom. The molecule has 0 saturated carbocycles. The minimum Gasteiger partial charge on any atom is -0.478 e. The van der Waals surface area contributed by atoms with Crippen LogP contribution in [0.3, 0.4) is 0 Å². The Morgan fingerprint density at radius 3 is 2.71 bits per heavy atom. The predicted octanol–water partition coefficient (Wildman–Crippen LogP) is 2.30. The van der Waals surface area contributed by atoms with Gasteiger partial charge in [-0.3, -0.25) is 9.78 Å². The summed E-state index contributed by atoms with van der Waals surface area (Å²) in [6, 6.07) is 9.65. The van der Waals surface area contributed by atoms with Gasteiger partial charge < -0.3 is 10.0 Å². The summed E-state index contributed by atoms with van der Waals surface area (Å²) in [5.74, 6) is -1.01. The van der Waals surface area contributed by atoms with E-state index in [9.17, 15) is 14.7 Å².